The van der Waals surface area contributed by atoms with Gasteiger partial charge in [0.15, 0.2) is 15.6 Å². The first-order chi connectivity index (χ1) is 11.3. The number of nitrogens with one attached hydrogen (secondary N) is 1. The van der Waals surface area contributed by atoms with E-state index in [2.05, 4.69) is 4.98 Å². The van der Waals surface area contributed by atoms with Crippen LogP contribution in [-0.2, 0) is 16.3 Å². The molecule has 0 saturated carbocycles. The van der Waals surface area contributed by atoms with E-state index in [9.17, 15) is 17.6 Å². The number of aromatic amines is 1. The Kier molecular flexibility index (Phi) is 4.01. The van der Waals surface area contributed by atoms with Gasteiger partial charge in [0, 0.05) is 28.4 Å². The quantitative estimate of drug-likeness (QED) is 0.736. The number of hydrogen-bond acceptors (Lipinski definition) is 3. The van der Waals surface area contributed by atoms with Gasteiger partial charge in [-0.2, -0.15) is 0 Å². The molecular formula is C18H16FNO3S. The molecule has 3 rings (SSSR count). The third-order valence-electron chi connectivity index (χ3n) is 3.96. The maximum atomic E-state index is 13.1. The molecule has 0 unspecified atom stereocenters. The van der Waals surface area contributed by atoms with E-state index in [1.165, 1.54) is 36.4 Å². The van der Waals surface area contributed by atoms with Crippen LogP contribution in [0, 0.1) is 5.82 Å². The SMILES string of the molecule is CCc1[nH]c2ccc(S(C)(=O)=O)cc2c1C(=O)c1ccc(F)cc1. The number of H-pyrrole nitrogens is 1. The Morgan fingerprint density at radius 3 is 2.38 bits per heavy atom. The summed E-state index contributed by atoms with van der Waals surface area (Å²) in [5.74, 6) is -0.677. The van der Waals surface area contributed by atoms with Crippen molar-refractivity contribution < 1.29 is 17.6 Å². The fourth-order valence-corrected chi connectivity index (χ4v) is 3.37. The topological polar surface area (TPSA) is 67.0 Å². The first kappa shape index (κ1) is 16.4. The number of aryl methyl sites for hydroxylation is 1. The average molecular weight is 345 g/mol. The number of aromatic nitrogens is 1. The van der Waals surface area contributed by atoms with Gasteiger partial charge in [-0.25, -0.2) is 12.8 Å². The minimum atomic E-state index is -3.38. The van der Waals surface area contributed by atoms with Crippen LogP contribution < -0.4 is 0 Å². The van der Waals surface area contributed by atoms with E-state index in [0.29, 0.717) is 28.5 Å². The number of hydrogen-bond donors (Lipinski definition) is 1. The van der Waals surface area contributed by atoms with E-state index in [0.717, 1.165) is 11.9 Å². The fourth-order valence-electron chi connectivity index (χ4n) is 2.73. The number of carbonyl (C=O) groups is 1. The molecule has 24 heavy (non-hydrogen) atoms. The lowest BCUT2D eigenvalue weighted by Crippen LogP contribution is -2.04. The van der Waals surface area contributed by atoms with Crippen LogP contribution in [0.5, 0.6) is 0 Å². The molecule has 0 spiro atoms. The van der Waals surface area contributed by atoms with Gasteiger partial charge in [-0.3, -0.25) is 4.79 Å². The Balaban J connectivity index is 2.24. The Bertz CT molecular complexity index is 1030. The highest BCUT2D eigenvalue weighted by molar-refractivity contribution is 7.90. The number of halogens is 1. The number of sulfone groups is 1. The molecule has 0 bridgehead atoms. The highest BCUT2D eigenvalue weighted by atomic mass is 32.2. The molecule has 4 nitrogen and oxygen atoms in total. The van der Waals surface area contributed by atoms with Crippen LogP contribution in [0.1, 0.15) is 28.5 Å². The summed E-state index contributed by atoms with van der Waals surface area (Å²) in [4.78, 5) is 16.2. The van der Waals surface area contributed by atoms with Crippen molar-refractivity contribution in [2.24, 2.45) is 0 Å². The molecule has 124 valence electrons. The van der Waals surface area contributed by atoms with Crippen molar-refractivity contribution in [1.82, 2.24) is 4.98 Å². The van der Waals surface area contributed by atoms with Crippen LogP contribution in [0.25, 0.3) is 10.9 Å². The van der Waals surface area contributed by atoms with E-state index in [1.54, 1.807) is 6.07 Å². The van der Waals surface area contributed by atoms with E-state index in [1.807, 2.05) is 6.92 Å². The second kappa shape index (κ2) is 5.87. The van der Waals surface area contributed by atoms with Gasteiger partial charge in [0.25, 0.3) is 0 Å². The monoisotopic (exact) mass is 345 g/mol. The molecule has 0 radical (unpaired) electrons. The molecule has 0 aliphatic carbocycles. The van der Waals surface area contributed by atoms with E-state index in [-0.39, 0.29) is 10.7 Å². The second-order valence-electron chi connectivity index (χ2n) is 5.65. The Morgan fingerprint density at radius 1 is 1.12 bits per heavy atom. The van der Waals surface area contributed by atoms with Gasteiger partial charge < -0.3 is 4.98 Å². The molecule has 1 aromatic heterocycles. The third kappa shape index (κ3) is 2.85. The van der Waals surface area contributed by atoms with Crippen LogP contribution >= 0.6 is 0 Å². The molecule has 0 atom stereocenters. The first-order valence-electron chi connectivity index (χ1n) is 7.46. The summed E-state index contributed by atoms with van der Waals surface area (Å²) >= 11 is 0. The summed E-state index contributed by atoms with van der Waals surface area (Å²) in [5.41, 5.74) is 2.22. The molecule has 0 saturated heterocycles. The molecule has 0 aliphatic rings. The summed E-state index contributed by atoms with van der Waals surface area (Å²) < 4.78 is 36.7. The van der Waals surface area contributed by atoms with E-state index < -0.39 is 15.7 Å². The van der Waals surface area contributed by atoms with Gasteiger partial charge in [-0.1, -0.05) is 6.92 Å². The van der Waals surface area contributed by atoms with Crippen molar-refractivity contribution in [2.75, 3.05) is 6.26 Å². The number of ketones is 1. The molecule has 3 aromatic rings. The summed E-state index contributed by atoms with van der Waals surface area (Å²) in [6, 6.07) is 10.0. The van der Waals surface area contributed by atoms with Gasteiger partial charge in [0.2, 0.25) is 0 Å². The van der Waals surface area contributed by atoms with Gasteiger partial charge in [-0.15, -0.1) is 0 Å². The van der Waals surface area contributed by atoms with Crippen LogP contribution in [0.2, 0.25) is 0 Å². The van der Waals surface area contributed by atoms with Crippen molar-refractivity contribution in [3.63, 3.8) is 0 Å². The van der Waals surface area contributed by atoms with Crippen molar-refractivity contribution in [3.05, 3.63) is 65.1 Å². The Labute approximate surface area is 139 Å². The zero-order chi connectivity index (χ0) is 17.5. The fraction of sp³-hybridized carbons (Fsp3) is 0.167. The predicted molar refractivity (Wildman–Crippen MR) is 90.6 cm³/mol. The van der Waals surface area contributed by atoms with E-state index in [4.69, 9.17) is 0 Å². The normalized spacial score (nSPS) is 11.8. The van der Waals surface area contributed by atoms with Gasteiger partial charge in [-0.05, 0) is 48.9 Å². The lowest BCUT2D eigenvalue weighted by molar-refractivity contribution is 0.103. The average Bonchev–Trinajstić information content (AvgIpc) is 2.91. The van der Waals surface area contributed by atoms with Gasteiger partial charge in [0.05, 0.1) is 10.5 Å². The van der Waals surface area contributed by atoms with Gasteiger partial charge >= 0.3 is 0 Å². The number of carbonyl (C=O) groups excluding carboxylic acids is 1. The van der Waals surface area contributed by atoms with Crippen molar-refractivity contribution >= 4 is 26.5 Å². The van der Waals surface area contributed by atoms with Crippen LogP contribution in [0.3, 0.4) is 0 Å². The minimum absolute atomic E-state index is 0.157. The third-order valence-corrected chi connectivity index (χ3v) is 5.07. The van der Waals surface area contributed by atoms with Crippen LogP contribution in [0.4, 0.5) is 4.39 Å². The maximum Gasteiger partial charge on any atom is 0.195 e. The second-order valence-corrected chi connectivity index (χ2v) is 7.66. The highest BCUT2D eigenvalue weighted by Crippen LogP contribution is 2.28. The molecule has 0 amide bonds. The smallest absolute Gasteiger partial charge is 0.195 e. The van der Waals surface area contributed by atoms with E-state index >= 15 is 0 Å². The Morgan fingerprint density at radius 2 is 1.79 bits per heavy atom. The first-order valence-corrected chi connectivity index (χ1v) is 9.35. The van der Waals surface area contributed by atoms with Crippen LogP contribution in [-0.4, -0.2) is 25.4 Å². The lowest BCUT2D eigenvalue weighted by atomic mass is 9.99. The summed E-state index contributed by atoms with van der Waals surface area (Å²) in [5, 5.41) is 0.559. The molecule has 6 heteroatoms. The van der Waals surface area contributed by atoms with Crippen molar-refractivity contribution in [2.45, 2.75) is 18.2 Å². The molecule has 1 heterocycles. The number of fused-ring (bicyclic) bond motifs is 1. The minimum Gasteiger partial charge on any atom is -0.358 e. The van der Waals surface area contributed by atoms with Gasteiger partial charge in [0.1, 0.15) is 5.82 Å². The van der Waals surface area contributed by atoms with Crippen molar-refractivity contribution in [1.29, 1.82) is 0 Å². The summed E-state index contributed by atoms with van der Waals surface area (Å²) in [7, 11) is -3.38. The largest absolute Gasteiger partial charge is 0.358 e. The zero-order valence-corrected chi connectivity index (χ0v) is 14.1. The lowest BCUT2D eigenvalue weighted by Gasteiger charge is -2.04. The zero-order valence-electron chi connectivity index (χ0n) is 13.3. The molecular weight excluding hydrogens is 329 g/mol. The molecule has 0 aliphatic heterocycles. The molecule has 0 fully saturated rings. The molecule has 1 N–H and O–H groups in total. The summed E-state index contributed by atoms with van der Waals surface area (Å²) in [6.45, 7) is 1.91. The predicted octanol–water partition coefficient (Wildman–Crippen LogP) is 3.50. The maximum absolute atomic E-state index is 13.1. The highest BCUT2D eigenvalue weighted by Gasteiger charge is 2.20. The summed E-state index contributed by atoms with van der Waals surface area (Å²) in [6.07, 6.45) is 1.72. The number of rotatable bonds is 4. The Hall–Kier alpha value is -2.47. The standard InChI is InChI=1S/C18H16FNO3S/c1-3-15-17(18(21)11-4-6-12(19)7-5-11)14-10-13(24(2,22)23)8-9-16(14)20-15/h4-10,20H,3H2,1-2H3. The van der Waals surface area contributed by atoms with Crippen LogP contribution in [0.15, 0.2) is 47.4 Å². The number of benzene rings is 2. The molecule has 2 aromatic carbocycles. The van der Waals surface area contributed by atoms with Crippen molar-refractivity contribution in [3.8, 4) is 0 Å².